The second kappa shape index (κ2) is 2.84. The van der Waals surface area contributed by atoms with Gasteiger partial charge in [0.25, 0.3) is 0 Å². The third kappa shape index (κ3) is 1.15. The fourth-order valence-electron chi connectivity index (χ4n) is 1.24. The largest absolute Gasteiger partial charge is 0.389 e. The van der Waals surface area contributed by atoms with Crippen LogP contribution in [0.15, 0.2) is 0 Å². The minimum absolute atomic E-state index is 0.102. The van der Waals surface area contributed by atoms with E-state index in [-0.39, 0.29) is 12.8 Å². The zero-order valence-corrected chi connectivity index (χ0v) is 5.94. The molecule has 1 aliphatic heterocycles. The van der Waals surface area contributed by atoms with Gasteiger partial charge in [-0.3, -0.25) is 4.90 Å². The van der Waals surface area contributed by atoms with E-state index in [9.17, 15) is 0 Å². The summed E-state index contributed by atoms with van der Waals surface area (Å²) < 4.78 is 0. The van der Waals surface area contributed by atoms with Crippen molar-refractivity contribution in [3.8, 4) is 0 Å². The van der Waals surface area contributed by atoms with Gasteiger partial charge in [-0.15, -0.1) is 0 Å². The van der Waals surface area contributed by atoms with Gasteiger partial charge in [-0.1, -0.05) is 0 Å². The Balaban J connectivity index is 2.53. The number of likely N-dealkylation sites (tertiary alicyclic amines) is 1. The quantitative estimate of drug-likeness (QED) is 0.416. The summed E-state index contributed by atoms with van der Waals surface area (Å²) in [4.78, 5) is 1.62. The molecule has 1 fully saturated rings. The Morgan fingerprint density at radius 2 is 2.10 bits per heavy atom. The molecule has 1 rings (SSSR count). The van der Waals surface area contributed by atoms with E-state index in [2.05, 4.69) is 0 Å². The van der Waals surface area contributed by atoms with Crippen molar-refractivity contribution >= 4 is 0 Å². The summed E-state index contributed by atoms with van der Waals surface area (Å²) in [7, 11) is 0. The monoisotopic (exact) mass is 147 g/mol. The molecule has 0 bridgehead atoms. The maximum absolute atomic E-state index is 9.16. The lowest BCUT2D eigenvalue weighted by molar-refractivity contribution is 0.0365. The minimum atomic E-state index is -0.716. The topological polar surface area (TPSA) is 63.9 Å². The van der Waals surface area contributed by atoms with Crippen molar-refractivity contribution in [1.82, 2.24) is 4.90 Å². The van der Waals surface area contributed by atoms with Gasteiger partial charge in [0.2, 0.25) is 0 Å². The van der Waals surface area contributed by atoms with E-state index < -0.39 is 12.2 Å². The van der Waals surface area contributed by atoms with Crippen LogP contribution < -0.4 is 0 Å². The predicted molar refractivity (Wildman–Crippen MR) is 35.3 cm³/mol. The molecule has 0 saturated carbocycles. The van der Waals surface area contributed by atoms with Gasteiger partial charge in [-0.25, -0.2) is 0 Å². The summed E-state index contributed by atoms with van der Waals surface area (Å²) in [6.07, 6.45) is -1.42. The zero-order valence-electron chi connectivity index (χ0n) is 5.94. The molecule has 3 N–H and O–H groups in total. The van der Waals surface area contributed by atoms with E-state index in [0.29, 0.717) is 6.54 Å². The maximum atomic E-state index is 9.16. The van der Waals surface area contributed by atoms with Crippen LogP contribution in [0.2, 0.25) is 0 Å². The van der Waals surface area contributed by atoms with Gasteiger partial charge in [-0.05, 0) is 6.92 Å². The highest BCUT2D eigenvalue weighted by molar-refractivity contribution is 4.89. The van der Waals surface area contributed by atoms with Crippen LogP contribution in [0, 0.1) is 0 Å². The molecular weight excluding hydrogens is 134 g/mol. The van der Waals surface area contributed by atoms with Gasteiger partial charge >= 0.3 is 0 Å². The number of aliphatic hydroxyl groups is 3. The molecule has 0 spiro atoms. The highest BCUT2D eigenvalue weighted by atomic mass is 16.3. The molecule has 4 nitrogen and oxygen atoms in total. The molecule has 0 aromatic heterocycles. The normalized spacial score (nSPS) is 42.6. The molecule has 0 radical (unpaired) electrons. The third-order valence-corrected chi connectivity index (χ3v) is 2.07. The molecule has 10 heavy (non-hydrogen) atoms. The van der Waals surface area contributed by atoms with Crippen LogP contribution in [0.1, 0.15) is 6.92 Å². The van der Waals surface area contributed by atoms with Crippen LogP contribution in [-0.4, -0.2) is 51.7 Å². The van der Waals surface area contributed by atoms with Crippen molar-refractivity contribution in [2.24, 2.45) is 0 Å². The SMILES string of the molecule is C[C@@H]1[C@@H](O)[C@H](O)CN1CO. The van der Waals surface area contributed by atoms with Crippen LogP contribution in [-0.2, 0) is 0 Å². The summed E-state index contributed by atoms with van der Waals surface area (Å²) in [6.45, 7) is 2.03. The van der Waals surface area contributed by atoms with Gasteiger partial charge in [0.05, 0.1) is 18.9 Å². The van der Waals surface area contributed by atoms with E-state index >= 15 is 0 Å². The summed E-state index contributed by atoms with van der Waals surface area (Å²) in [6, 6.07) is -0.139. The summed E-state index contributed by atoms with van der Waals surface area (Å²) >= 11 is 0. The smallest absolute Gasteiger partial charge is 0.0964 e. The molecule has 0 unspecified atom stereocenters. The molecule has 4 heteroatoms. The molecule has 0 aromatic rings. The third-order valence-electron chi connectivity index (χ3n) is 2.07. The minimum Gasteiger partial charge on any atom is -0.389 e. The highest BCUT2D eigenvalue weighted by Crippen LogP contribution is 2.16. The first-order valence-corrected chi connectivity index (χ1v) is 3.38. The number of rotatable bonds is 1. The van der Waals surface area contributed by atoms with Gasteiger partial charge < -0.3 is 15.3 Å². The van der Waals surface area contributed by atoms with Gasteiger partial charge in [0, 0.05) is 12.6 Å². The summed E-state index contributed by atoms with van der Waals surface area (Å²) in [5.41, 5.74) is 0. The van der Waals surface area contributed by atoms with E-state index in [1.54, 1.807) is 11.8 Å². The fraction of sp³-hybridized carbons (Fsp3) is 1.00. The van der Waals surface area contributed by atoms with Crippen LogP contribution >= 0.6 is 0 Å². The first-order chi connectivity index (χ1) is 4.66. The summed E-state index contributed by atoms with van der Waals surface area (Å²) in [5.74, 6) is 0. The Hall–Kier alpha value is -0.160. The molecule has 3 atom stereocenters. The Morgan fingerprint density at radius 3 is 2.30 bits per heavy atom. The van der Waals surface area contributed by atoms with Crippen molar-refractivity contribution in [2.75, 3.05) is 13.3 Å². The molecular formula is C6H13NO3. The Labute approximate surface area is 59.7 Å². The van der Waals surface area contributed by atoms with Crippen molar-refractivity contribution in [1.29, 1.82) is 0 Å². The lowest BCUT2D eigenvalue weighted by atomic mass is 10.2. The number of hydrogen-bond acceptors (Lipinski definition) is 4. The molecule has 1 aliphatic rings. The lowest BCUT2D eigenvalue weighted by Gasteiger charge is -2.18. The lowest BCUT2D eigenvalue weighted by Crippen LogP contribution is -2.33. The second-order valence-corrected chi connectivity index (χ2v) is 2.71. The molecule has 60 valence electrons. The van der Waals surface area contributed by atoms with E-state index in [0.717, 1.165) is 0 Å². The average Bonchev–Trinajstić information content (AvgIpc) is 2.17. The Bertz CT molecular complexity index is 120. The molecule has 0 aromatic carbocycles. The van der Waals surface area contributed by atoms with Crippen molar-refractivity contribution in [3.63, 3.8) is 0 Å². The van der Waals surface area contributed by atoms with Gasteiger partial charge in [0.1, 0.15) is 0 Å². The predicted octanol–water partition coefficient (Wildman–Crippen LogP) is -1.64. The first-order valence-electron chi connectivity index (χ1n) is 3.38. The standard InChI is InChI=1S/C6H13NO3/c1-4-6(10)5(9)2-7(4)3-8/h4-6,8-10H,2-3H2,1H3/t4-,5-,6-/m1/s1. The fourth-order valence-corrected chi connectivity index (χ4v) is 1.24. The number of aliphatic hydroxyl groups excluding tert-OH is 3. The maximum Gasteiger partial charge on any atom is 0.0964 e. The second-order valence-electron chi connectivity index (χ2n) is 2.71. The van der Waals surface area contributed by atoms with Crippen LogP contribution in [0.3, 0.4) is 0 Å². The highest BCUT2D eigenvalue weighted by Gasteiger charge is 2.35. The average molecular weight is 147 g/mol. The van der Waals surface area contributed by atoms with Gasteiger partial charge in [-0.2, -0.15) is 0 Å². The van der Waals surface area contributed by atoms with Crippen LogP contribution in [0.4, 0.5) is 0 Å². The Morgan fingerprint density at radius 1 is 1.50 bits per heavy atom. The van der Waals surface area contributed by atoms with Crippen molar-refractivity contribution < 1.29 is 15.3 Å². The first kappa shape index (κ1) is 7.94. The van der Waals surface area contributed by atoms with E-state index in [1.165, 1.54) is 0 Å². The Kier molecular flexibility index (Phi) is 2.25. The molecule has 0 aliphatic carbocycles. The van der Waals surface area contributed by atoms with E-state index in [1.807, 2.05) is 0 Å². The number of nitrogens with zero attached hydrogens (tertiary/aromatic N) is 1. The zero-order chi connectivity index (χ0) is 7.72. The van der Waals surface area contributed by atoms with Crippen LogP contribution in [0.5, 0.6) is 0 Å². The number of β-amino-alcohol motifs (C(OH)–C–C–N with tert-alkyl or cyclic N) is 1. The number of hydrogen-bond donors (Lipinski definition) is 3. The van der Waals surface area contributed by atoms with Crippen molar-refractivity contribution in [3.05, 3.63) is 0 Å². The summed E-state index contributed by atoms with van der Waals surface area (Å²) in [5, 5.41) is 26.9. The van der Waals surface area contributed by atoms with E-state index in [4.69, 9.17) is 15.3 Å². The van der Waals surface area contributed by atoms with Crippen LogP contribution in [0.25, 0.3) is 0 Å². The molecule has 1 heterocycles. The van der Waals surface area contributed by atoms with Gasteiger partial charge in [0.15, 0.2) is 0 Å². The van der Waals surface area contributed by atoms with Crippen molar-refractivity contribution in [2.45, 2.75) is 25.2 Å². The molecule has 1 saturated heterocycles. The molecule has 0 amide bonds.